The Morgan fingerprint density at radius 1 is 1.04 bits per heavy atom. The minimum absolute atomic E-state index is 0.870. The van der Waals surface area contributed by atoms with Crippen molar-refractivity contribution in [2.24, 2.45) is 0 Å². The summed E-state index contributed by atoms with van der Waals surface area (Å²) in [6.07, 6.45) is 5.92. The van der Waals surface area contributed by atoms with Gasteiger partial charge in [0.2, 0.25) is 0 Å². The topological polar surface area (TPSA) is 28.6 Å². The summed E-state index contributed by atoms with van der Waals surface area (Å²) in [6, 6.07) is 14.4. The summed E-state index contributed by atoms with van der Waals surface area (Å²) in [5.41, 5.74) is 1.28. The van der Waals surface area contributed by atoms with E-state index >= 15 is 0 Å². The molecule has 0 spiro atoms. The number of anilines is 1. The van der Waals surface area contributed by atoms with Crippen molar-refractivity contribution in [1.29, 1.82) is 0 Å². The van der Waals surface area contributed by atoms with Gasteiger partial charge in [0.1, 0.15) is 11.6 Å². The maximum absolute atomic E-state index is 5.25. The normalized spacial score (nSPS) is 15.2. The lowest BCUT2D eigenvalue weighted by Crippen LogP contribution is -2.38. The minimum Gasteiger partial charge on any atom is -0.497 e. The average molecular weight is 325 g/mol. The second-order valence-electron chi connectivity index (χ2n) is 6.36. The van der Waals surface area contributed by atoms with Crippen molar-refractivity contribution in [1.82, 2.24) is 9.88 Å². The molecule has 24 heavy (non-hydrogen) atoms. The van der Waals surface area contributed by atoms with Crippen LogP contribution in [0.1, 0.15) is 24.8 Å². The van der Waals surface area contributed by atoms with E-state index in [0.29, 0.717) is 0 Å². The van der Waals surface area contributed by atoms with Gasteiger partial charge in [0.25, 0.3) is 0 Å². The molecule has 1 aliphatic heterocycles. The molecule has 0 unspecified atom stereocenters. The van der Waals surface area contributed by atoms with Gasteiger partial charge in [-0.2, -0.15) is 0 Å². The molecule has 3 rings (SSSR count). The molecule has 2 aromatic rings. The number of rotatable bonds is 7. The van der Waals surface area contributed by atoms with Gasteiger partial charge < -0.3 is 14.5 Å². The highest BCUT2D eigenvalue weighted by Crippen LogP contribution is 2.17. The molecular formula is C20H27N3O. The van der Waals surface area contributed by atoms with Gasteiger partial charge in [-0.15, -0.1) is 0 Å². The zero-order chi connectivity index (χ0) is 16.6. The standard InChI is InChI=1S/C20H27N3O/c1-24-19-10-8-18(9-11-19)17-23(20-7-3-4-12-21-20)16-15-22-13-5-2-6-14-22/h3-4,7-12H,2,5-6,13-17H2,1H3. The summed E-state index contributed by atoms with van der Waals surface area (Å²) in [5.74, 6) is 1.95. The summed E-state index contributed by atoms with van der Waals surface area (Å²) in [6.45, 7) is 5.45. The Kier molecular flexibility index (Phi) is 6.07. The van der Waals surface area contributed by atoms with Crippen LogP contribution in [0.25, 0.3) is 0 Å². The van der Waals surface area contributed by atoms with E-state index in [0.717, 1.165) is 31.2 Å². The Bertz CT molecular complexity index is 594. The number of benzene rings is 1. The molecule has 128 valence electrons. The number of pyridine rings is 1. The first-order valence-corrected chi connectivity index (χ1v) is 8.86. The summed E-state index contributed by atoms with van der Waals surface area (Å²) in [4.78, 5) is 9.50. The van der Waals surface area contributed by atoms with E-state index in [2.05, 4.69) is 39.0 Å². The maximum Gasteiger partial charge on any atom is 0.128 e. The second kappa shape index (κ2) is 8.69. The van der Waals surface area contributed by atoms with Crippen LogP contribution >= 0.6 is 0 Å². The van der Waals surface area contributed by atoms with E-state index in [1.807, 2.05) is 24.4 Å². The first-order chi connectivity index (χ1) is 11.8. The molecule has 1 aromatic heterocycles. The number of nitrogens with zero attached hydrogens (tertiary/aromatic N) is 3. The quantitative estimate of drug-likeness (QED) is 0.778. The fourth-order valence-electron chi connectivity index (χ4n) is 3.21. The molecule has 1 aliphatic rings. The number of methoxy groups -OCH3 is 1. The minimum atomic E-state index is 0.870. The summed E-state index contributed by atoms with van der Waals surface area (Å²) in [7, 11) is 1.70. The van der Waals surface area contributed by atoms with E-state index < -0.39 is 0 Å². The van der Waals surface area contributed by atoms with Crippen LogP contribution in [0.4, 0.5) is 5.82 Å². The highest BCUT2D eigenvalue weighted by molar-refractivity contribution is 5.40. The predicted molar refractivity (Wildman–Crippen MR) is 98.6 cm³/mol. The van der Waals surface area contributed by atoms with E-state index in [-0.39, 0.29) is 0 Å². The molecule has 1 aromatic carbocycles. The number of ether oxygens (including phenoxy) is 1. The lowest BCUT2D eigenvalue weighted by Gasteiger charge is -2.30. The molecule has 0 saturated carbocycles. The van der Waals surface area contributed by atoms with E-state index in [1.54, 1.807) is 7.11 Å². The van der Waals surface area contributed by atoms with Gasteiger partial charge in [-0.05, 0) is 55.8 Å². The van der Waals surface area contributed by atoms with Crippen molar-refractivity contribution in [3.8, 4) is 5.75 Å². The molecular weight excluding hydrogens is 298 g/mol. The van der Waals surface area contributed by atoms with Crippen molar-refractivity contribution in [2.45, 2.75) is 25.8 Å². The predicted octanol–water partition coefficient (Wildman–Crippen LogP) is 3.58. The van der Waals surface area contributed by atoms with Gasteiger partial charge in [-0.3, -0.25) is 0 Å². The summed E-state index contributed by atoms with van der Waals surface area (Å²) >= 11 is 0. The van der Waals surface area contributed by atoms with Crippen molar-refractivity contribution < 1.29 is 4.74 Å². The molecule has 4 nitrogen and oxygen atoms in total. The lowest BCUT2D eigenvalue weighted by atomic mass is 10.1. The smallest absolute Gasteiger partial charge is 0.128 e. The van der Waals surface area contributed by atoms with Gasteiger partial charge in [-0.1, -0.05) is 24.6 Å². The highest BCUT2D eigenvalue weighted by atomic mass is 16.5. The molecule has 0 bridgehead atoms. The Morgan fingerprint density at radius 3 is 2.50 bits per heavy atom. The molecule has 0 radical (unpaired) electrons. The van der Waals surface area contributed by atoms with Crippen LogP contribution in [0.5, 0.6) is 5.75 Å². The van der Waals surface area contributed by atoms with E-state index in [9.17, 15) is 0 Å². The summed E-state index contributed by atoms with van der Waals surface area (Å²) in [5, 5.41) is 0. The van der Waals surface area contributed by atoms with Crippen LogP contribution in [-0.4, -0.2) is 43.2 Å². The van der Waals surface area contributed by atoms with Crippen molar-refractivity contribution in [3.63, 3.8) is 0 Å². The molecule has 4 heteroatoms. The fourth-order valence-corrected chi connectivity index (χ4v) is 3.21. The number of piperidine rings is 1. The van der Waals surface area contributed by atoms with Crippen LogP contribution in [0.2, 0.25) is 0 Å². The zero-order valence-electron chi connectivity index (χ0n) is 14.5. The van der Waals surface area contributed by atoms with Gasteiger partial charge in [0, 0.05) is 25.8 Å². The maximum atomic E-state index is 5.25. The van der Waals surface area contributed by atoms with Gasteiger partial charge in [0.15, 0.2) is 0 Å². The van der Waals surface area contributed by atoms with Gasteiger partial charge in [0.05, 0.1) is 7.11 Å². The third kappa shape index (κ3) is 4.71. The Hall–Kier alpha value is -2.07. The first-order valence-electron chi connectivity index (χ1n) is 8.86. The Balaban J connectivity index is 1.66. The number of aromatic nitrogens is 1. The van der Waals surface area contributed by atoms with Gasteiger partial charge >= 0.3 is 0 Å². The number of hydrogen-bond acceptors (Lipinski definition) is 4. The zero-order valence-corrected chi connectivity index (χ0v) is 14.5. The van der Waals surface area contributed by atoms with Crippen LogP contribution in [-0.2, 0) is 6.54 Å². The lowest BCUT2D eigenvalue weighted by molar-refractivity contribution is 0.233. The Morgan fingerprint density at radius 2 is 1.83 bits per heavy atom. The molecule has 0 aliphatic carbocycles. The monoisotopic (exact) mass is 325 g/mol. The number of hydrogen-bond donors (Lipinski definition) is 0. The molecule has 1 fully saturated rings. The molecule has 0 atom stereocenters. The van der Waals surface area contributed by atoms with E-state index in [4.69, 9.17) is 4.74 Å². The first kappa shape index (κ1) is 16.8. The van der Waals surface area contributed by atoms with Crippen molar-refractivity contribution in [3.05, 3.63) is 54.2 Å². The molecule has 0 amide bonds. The average Bonchev–Trinajstić information content (AvgIpc) is 2.67. The van der Waals surface area contributed by atoms with Crippen molar-refractivity contribution >= 4 is 5.82 Å². The number of likely N-dealkylation sites (tertiary alicyclic amines) is 1. The van der Waals surface area contributed by atoms with Crippen molar-refractivity contribution in [2.75, 3.05) is 38.2 Å². The largest absolute Gasteiger partial charge is 0.497 e. The third-order valence-corrected chi connectivity index (χ3v) is 4.64. The highest BCUT2D eigenvalue weighted by Gasteiger charge is 2.13. The second-order valence-corrected chi connectivity index (χ2v) is 6.36. The Labute approximate surface area is 145 Å². The van der Waals surface area contributed by atoms with Crippen LogP contribution in [0, 0.1) is 0 Å². The van der Waals surface area contributed by atoms with Gasteiger partial charge in [-0.25, -0.2) is 4.98 Å². The molecule has 2 heterocycles. The third-order valence-electron chi connectivity index (χ3n) is 4.64. The SMILES string of the molecule is COc1ccc(CN(CCN2CCCCC2)c2ccccn2)cc1. The molecule has 0 N–H and O–H groups in total. The van der Waals surface area contributed by atoms with E-state index in [1.165, 1.54) is 37.9 Å². The molecule has 1 saturated heterocycles. The summed E-state index contributed by atoms with van der Waals surface area (Å²) < 4.78 is 5.25. The van der Waals surface area contributed by atoms with Crippen LogP contribution in [0.3, 0.4) is 0 Å². The van der Waals surface area contributed by atoms with Crippen LogP contribution < -0.4 is 9.64 Å². The fraction of sp³-hybridized carbons (Fsp3) is 0.450. The van der Waals surface area contributed by atoms with Crippen LogP contribution in [0.15, 0.2) is 48.7 Å².